The molecule has 2 aromatic carbocycles. The van der Waals surface area contributed by atoms with Crippen molar-refractivity contribution in [3.05, 3.63) is 53.1 Å². The highest BCUT2D eigenvalue weighted by atomic mass is 19.4. The molecule has 0 heterocycles. The van der Waals surface area contributed by atoms with Crippen molar-refractivity contribution in [2.24, 2.45) is 5.73 Å². The third-order valence-electron chi connectivity index (χ3n) is 4.50. The number of halogens is 6. The summed E-state index contributed by atoms with van der Waals surface area (Å²) in [4.78, 5) is 11.3. The van der Waals surface area contributed by atoms with E-state index in [1.54, 1.807) is 6.92 Å². The maximum Gasteiger partial charge on any atom is 0.430 e. The van der Waals surface area contributed by atoms with Crippen LogP contribution in [0.3, 0.4) is 0 Å². The fourth-order valence-corrected chi connectivity index (χ4v) is 2.93. The average Bonchev–Trinajstić information content (AvgIpc) is 2.64. The van der Waals surface area contributed by atoms with Crippen LogP contribution in [0.1, 0.15) is 28.4 Å². The Bertz CT molecular complexity index is 907. The van der Waals surface area contributed by atoms with Gasteiger partial charge in [0.15, 0.2) is 0 Å². The Morgan fingerprint density at radius 2 is 1.55 bits per heavy atom. The van der Waals surface area contributed by atoms with Gasteiger partial charge in [-0.05, 0) is 35.7 Å². The molecular formula is C19H17F6NO3. The van der Waals surface area contributed by atoms with Crippen molar-refractivity contribution in [3.8, 4) is 16.9 Å². The van der Waals surface area contributed by atoms with Crippen LogP contribution in [-0.2, 0) is 12.0 Å². The lowest BCUT2D eigenvalue weighted by molar-refractivity contribution is -0.376. The van der Waals surface area contributed by atoms with Crippen LogP contribution in [0.25, 0.3) is 11.1 Å². The molecule has 0 fully saturated rings. The summed E-state index contributed by atoms with van der Waals surface area (Å²) in [6.07, 6.45) is -11.6. The first kappa shape index (κ1) is 22.5. The Labute approximate surface area is 161 Å². The molecule has 158 valence electrons. The van der Waals surface area contributed by atoms with Crippen molar-refractivity contribution in [2.75, 3.05) is 7.11 Å². The monoisotopic (exact) mass is 421 g/mol. The van der Waals surface area contributed by atoms with Crippen molar-refractivity contribution in [1.29, 1.82) is 0 Å². The van der Waals surface area contributed by atoms with Crippen LogP contribution < -0.4 is 10.5 Å². The second-order valence-corrected chi connectivity index (χ2v) is 6.21. The minimum Gasteiger partial charge on any atom is -0.496 e. The number of carbonyl (C=O) groups is 1. The van der Waals surface area contributed by atoms with Gasteiger partial charge in [-0.15, -0.1) is 0 Å². The minimum absolute atomic E-state index is 0.191. The lowest BCUT2D eigenvalue weighted by Gasteiger charge is -2.33. The van der Waals surface area contributed by atoms with E-state index in [4.69, 9.17) is 10.5 Å². The van der Waals surface area contributed by atoms with Crippen LogP contribution in [0, 0.1) is 0 Å². The van der Waals surface area contributed by atoms with Crippen molar-refractivity contribution in [1.82, 2.24) is 0 Å². The zero-order valence-electron chi connectivity index (χ0n) is 15.3. The summed E-state index contributed by atoms with van der Waals surface area (Å²) < 4.78 is 83.8. The first-order valence-electron chi connectivity index (χ1n) is 8.25. The molecule has 0 aliphatic heterocycles. The summed E-state index contributed by atoms with van der Waals surface area (Å²) in [6, 6.07) is 6.36. The van der Waals surface area contributed by atoms with Crippen molar-refractivity contribution in [2.45, 2.75) is 31.3 Å². The first-order chi connectivity index (χ1) is 13.3. The predicted molar refractivity (Wildman–Crippen MR) is 92.3 cm³/mol. The number of aryl methyl sites for hydroxylation is 1. The lowest BCUT2D eigenvalue weighted by Crippen LogP contribution is -2.53. The number of methoxy groups -OCH3 is 1. The summed E-state index contributed by atoms with van der Waals surface area (Å²) in [5.41, 5.74) is 0.142. The number of nitrogens with two attached hydrogens (primary N) is 1. The Balaban J connectivity index is 2.70. The number of alkyl halides is 6. The van der Waals surface area contributed by atoms with Gasteiger partial charge in [0.05, 0.1) is 7.11 Å². The van der Waals surface area contributed by atoms with Gasteiger partial charge in [-0.1, -0.05) is 25.1 Å². The van der Waals surface area contributed by atoms with Gasteiger partial charge in [0, 0.05) is 16.7 Å². The molecule has 0 atom stereocenters. The second-order valence-electron chi connectivity index (χ2n) is 6.21. The molecule has 0 bridgehead atoms. The van der Waals surface area contributed by atoms with E-state index in [-0.39, 0.29) is 16.9 Å². The van der Waals surface area contributed by atoms with Crippen LogP contribution in [0.4, 0.5) is 26.3 Å². The largest absolute Gasteiger partial charge is 0.496 e. The first-order valence-corrected chi connectivity index (χ1v) is 8.25. The minimum atomic E-state index is -6.00. The second kappa shape index (κ2) is 7.58. The van der Waals surface area contributed by atoms with Gasteiger partial charge in [0.25, 0.3) is 5.60 Å². The van der Waals surface area contributed by atoms with Gasteiger partial charge in [0.2, 0.25) is 5.91 Å². The molecule has 3 N–H and O–H groups in total. The third-order valence-corrected chi connectivity index (χ3v) is 4.50. The van der Waals surface area contributed by atoms with E-state index < -0.39 is 29.4 Å². The highest BCUT2D eigenvalue weighted by Crippen LogP contribution is 2.51. The quantitative estimate of drug-likeness (QED) is 0.706. The zero-order valence-corrected chi connectivity index (χ0v) is 15.3. The summed E-state index contributed by atoms with van der Waals surface area (Å²) >= 11 is 0. The van der Waals surface area contributed by atoms with Crippen LogP contribution in [0.2, 0.25) is 0 Å². The van der Waals surface area contributed by atoms with E-state index in [1.807, 2.05) is 0 Å². The van der Waals surface area contributed by atoms with Gasteiger partial charge in [-0.25, -0.2) is 0 Å². The normalized spacial score (nSPS) is 12.7. The van der Waals surface area contributed by atoms with Crippen LogP contribution in [0.5, 0.6) is 5.75 Å². The highest BCUT2D eigenvalue weighted by Gasteiger charge is 2.71. The van der Waals surface area contributed by atoms with E-state index in [1.165, 1.54) is 18.2 Å². The smallest absolute Gasteiger partial charge is 0.430 e. The molecule has 29 heavy (non-hydrogen) atoms. The van der Waals surface area contributed by atoms with Gasteiger partial charge < -0.3 is 15.6 Å². The van der Waals surface area contributed by atoms with Crippen LogP contribution in [-0.4, -0.2) is 30.5 Å². The molecule has 0 aliphatic rings. The zero-order chi connectivity index (χ0) is 22.2. The molecule has 2 aromatic rings. The fourth-order valence-electron chi connectivity index (χ4n) is 2.93. The molecule has 0 unspecified atom stereocenters. The van der Waals surface area contributed by atoms with Gasteiger partial charge in [0.1, 0.15) is 5.75 Å². The Hall–Kier alpha value is -2.75. The van der Waals surface area contributed by atoms with Gasteiger partial charge in [-0.2, -0.15) is 26.3 Å². The van der Waals surface area contributed by atoms with Crippen molar-refractivity contribution < 1.29 is 41.0 Å². The lowest BCUT2D eigenvalue weighted by atomic mass is 9.88. The molecule has 0 saturated heterocycles. The Morgan fingerprint density at radius 3 is 2.00 bits per heavy atom. The number of benzene rings is 2. The topological polar surface area (TPSA) is 72.6 Å². The average molecular weight is 421 g/mol. The molecule has 1 amide bonds. The van der Waals surface area contributed by atoms with E-state index in [0.29, 0.717) is 29.7 Å². The number of rotatable bonds is 5. The summed E-state index contributed by atoms with van der Waals surface area (Å²) in [6.45, 7) is 1.75. The van der Waals surface area contributed by atoms with Crippen molar-refractivity contribution in [3.63, 3.8) is 0 Å². The molecular weight excluding hydrogens is 404 g/mol. The summed E-state index contributed by atoms with van der Waals surface area (Å²) in [5, 5.41) is 9.58. The molecule has 0 aliphatic carbocycles. The van der Waals surface area contributed by atoms with Crippen LogP contribution >= 0.6 is 0 Å². The molecule has 10 heteroatoms. The molecule has 0 saturated carbocycles. The summed E-state index contributed by atoms with van der Waals surface area (Å²) in [7, 11) is 1.08. The number of hydrogen-bond acceptors (Lipinski definition) is 3. The van der Waals surface area contributed by atoms with Crippen molar-refractivity contribution >= 4 is 5.91 Å². The Morgan fingerprint density at radius 1 is 1.00 bits per heavy atom. The number of primary amides is 1. The molecule has 4 nitrogen and oxygen atoms in total. The number of carbonyl (C=O) groups excluding carboxylic acids is 1. The van der Waals surface area contributed by atoms with E-state index in [0.717, 1.165) is 13.2 Å². The number of amides is 1. The number of hydrogen-bond donors (Lipinski definition) is 2. The standard InChI is InChI=1S/C19H17F6NO3/c1-3-10-8-11(16(26)27)4-6-13(10)14-7-5-12(9-15(14)29-2)17(28,18(20,21)22)19(23,24)25/h4-9,28H,3H2,1-2H3,(H2,26,27). The maximum absolute atomic E-state index is 13.1. The van der Waals surface area contributed by atoms with E-state index in [9.17, 15) is 36.2 Å². The number of ether oxygens (including phenoxy) is 1. The summed E-state index contributed by atoms with van der Waals surface area (Å²) in [5.74, 6) is -0.995. The molecule has 0 radical (unpaired) electrons. The SMILES string of the molecule is CCc1cc(C(N)=O)ccc1-c1ccc(C(O)(C(F)(F)F)C(F)(F)F)cc1OC. The highest BCUT2D eigenvalue weighted by molar-refractivity contribution is 5.94. The maximum atomic E-state index is 13.1. The molecule has 0 aromatic heterocycles. The van der Waals surface area contributed by atoms with E-state index in [2.05, 4.69) is 0 Å². The number of aliphatic hydroxyl groups is 1. The fraction of sp³-hybridized carbons (Fsp3) is 0.316. The van der Waals surface area contributed by atoms with Crippen LogP contribution in [0.15, 0.2) is 36.4 Å². The molecule has 0 spiro atoms. The molecule has 2 rings (SSSR count). The Kier molecular flexibility index (Phi) is 5.89. The third kappa shape index (κ3) is 3.89. The predicted octanol–water partition coefficient (Wildman–Crippen LogP) is 4.34. The van der Waals surface area contributed by atoms with Gasteiger partial charge >= 0.3 is 12.4 Å². The van der Waals surface area contributed by atoms with Gasteiger partial charge in [-0.3, -0.25) is 4.79 Å². The van der Waals surface area contributed by atoms with E-state index >= 15 is 0 Å².